The summed E-state index contributed by atoms with van der Waals surface area (Å²) in [6, 6.07) is 17.8. The van der Waals surface area contributed by atoms with Crippen molar-refractivity contribution in [2.45, 2.75) is 20.0 Å². The lowest BCUT2D eigenvalue weighted by Gasteiger charge is -2.36. The number of hydrogen-bond donors (Lipinski definition) is 0. The molecule has 2 aromatic carbocycles. The molecule has 1 heterocycles. The lowest BCUT2D eigenvalue weighted by atomic mass is 10.2. The minimum atomic E-state index is -0.609. The van der Waals surface area contributed by atoms with Crippen LogP contribution in [0.1, 0.15) is 19.4 Å². The molecule has 6 nitrogen and oxygen atoms in total. The van der Waals surface area contributed by atoms with E-state index in [0.717, 1.165) is 24.4 Å². The molecule has 0 radical (unpaired) electrons. The van der Waals surface area contributed by atoms with Crippen LogP contribution in [-0.4, -0.2) is 55.9 Å². The maximum absolute atomic E-state index is 12.6. The van der Waals surface area contributed by atoms with Crippen molar-refractivity contribution in [2.75, 3.05) is 37.7 Å². The van der Waals surface area contributed by atoms with Gasteiger partial charge in [-0.15, -0.1) is 0 Å². The third kappa shape index (κ3) is 5.25. The normalized spacial score (nSPS) is 15.5. The molecule has 148 valence electrons. The molecule has 28 heavy (non-hydrogen) atoms. The Morgan fingerprint density at radius 3 is 2.39 bits per heavy atom. The summed E-state index contributed by atoms with van der Waals surface area (Å²) in [5.41, 5.74) is 2.08. The van der Waals surface area contributed by atoms with Gasteiger partial charge in [-0.2, -0.15) is 0 Å². The zero-order chi connectivity index (χ0) is 19.8. The van der Waals surface area contributed by atoms with E-state index in [2.05, 4.69) is 22.2 Å². The van der Waals surface area contributed by atoms with Crippen LogP contribution in [0, 0.1) is 0 Å². The van der Waals surface area contributed by atoms with E-state index in [1.54, 1.807) is 13.1 Å². The van der Waals surface area contributed by atoms with Crippen molar-refractivity contribution in [1.82, 2.24) is 4.90 Å². The molecule has 0 spiro atoms. The summed E-state index contributed by atoms with van der Waals surface area (Å²) in [5, 5.41) is 3.97. The number of anilines is 1. The Bertz CT molecular complexity index is 769. The molecular weight excluding hydrogens is 354 g/mol. The highest BCUT2D eigenvalue weighted by Gasteiger charge is 2.26. The predicted octanol–water partition coefficient (Wildman–Crippen LogP) is 3.17. The number of oxime groups is 1. The molecule has 2 aromatic rings. The number of piperazine rings is 1. The van der Waals surface area contributed by atoms with E-state index in [4.69, 9.17) is 9.57 Å². The SMILES string of the molecule is CCOc1ccc(/C=N/OC(C)C(=O)N2CCN(c3ccccc3)CC2)cc1. The number of hydrogen-bond acceptors (Lipinski definition) is 5. The molecule has 3 rings (SSSR count). The first-order valence-electron chi connectivity index (χ1n) is 9.68. The first kappa shape index (κ1) is 19.7. The van der Waals surface area contributed by atoms with Crippen LogP contribution in [0.3, 0.4) is 0 Å². The molecule has 1 atom stereocenters. The summed E-state index contributed by atoms with van der Waals surface area (Å²) >= 11 is 0. The molecule has 1 saturated heterocycles. The van der Waals surface area contributed by atoms with E-state index < -0.39 is 6.10 Å². The van der Waals surface area contributed by atoms with Crippen molar-refractivity contribution < 1.29 is 14.4 Å². The molecule has 0 aliphatic carbocycles. The minimum absolute atomic E-state index is 0.0310. The van der Waals surface area contributed by atoms with Crippen LogP contribution in [0.2, 0.25) is 0 Å². The maximum atomic E-state index is 12.6. The van der Waals surface area contributed by atoms with Crippen molar-refractivity contribution >= 4 is 17.8 Å². The number of para-hydroxylation sites is 1. The highest BCUT2D eigenvalue weighted by atomic mass is 16.6. The van der Waals surface area contributed by atoms with E-state index in [1.807, 2.05) is 54.3 Å². The van der Waals surface area contributed by atoms with Crippen molar-refractivity contribution in [2.24, 2.45) is 5.16 Å². The van der Waals surface area contributed by atoms with Crippen molar-refractivity contribution in [3.8, 4) is 5.75 Å². The lowest BCUT2D eigenvalue weighted by Crippen LogP contribution is -2.51. The Morgan fingerprint density at radius 1 is 1.07 bits per heavy atom. The molecule has 0 aromatic heterocycles. The smallest absolute Gasteiger partial charge is 0.266 e. The fourth-order valence-corrected chi connectivity index (χ4v) is 3.13. The highest BCUT2D eigenvalue weighted by Crippen LogP contribution is 2.16. The molecule has 0 N–H and O–H groups in total. The van der Waals surface area contributed by atoms with Gasteiger partial charge in [-0.25, -0.2) is 0 Å². The van der Waals surface area contributed by atoms with E-state index >= 15 is 0 Å². The van der Waals surface area contributed by atoms with Gasteiger partial charge in [0.05, 0.1) is 12.8 Å². The van der Waals surface area contributed by atoms with Crippen molar-refractivity contribution in [3.63, 3.8) is 0 Å². The molecule has 6 heteroatoms. The Balaban J connectivity index is 1.45. The van der Waals surface area contributed by atoms with Gasteiger partial charge in [0.1, 0.15) is 5.75 Å². The summed E-state index contributed by atoms with van der Waals surface area (Å²) in [5.74, 6) is 0.787. The Hall–Kier alpha value is -3.02. The average Bonchev–Trinajstić information content (AvgIpc) is 2.75. The third-order valence-corrected chi connectivity index (χ3v) is 4.67. The molecule has 0 bridgehead atoms. The first-order chi connectivity index (χ1) is 13.7. The van der Waals surface area contributed by atoms with Crippen LogP contribution in [0.5, 0.6) is 5.75 Å². The monoisotopic (exact) mass is 381 g/mol. The predicted molar refractivity (Wildman–Crippen MR) is 111 cm³/mol. The molecule has 0 saturated carbocycles. The van der Waals surface area contributed by atoms with Crippen LogP contribution >= 0.6 is 0 Å². The third-order valence-electron chi connectivity index (χ3n) is 4.67. The summed E-state index contributed by atoms with van der Waals surface area (Å²) in [4.78, 5) is 22.1. The van der Waals surface area contributed by atoms with Crippen LogP contribution < -0.4 is 9.64 Å². The summed E-state index contributed by atoms with van der Waals surface area (Å²) < 4.78 is 5.41. The van der Waals surface area contributed by atoms with Gasteiger partial charge in [0.25, 0.3) is 5.91 Å². The number of benzene rings is 2. The van der Waals surface area contributed by atoms with Gasteiger partial charge in [-0.1, -0.05) is 23.4 Å². The Labute approximate surface area is 166 Å². The quantitative estimate of drug-likeness (QED) is 0.546. The van der Waals surface area contributed by atoms with Gasteiger partial charge in [0.15, 0.2) is 0 Å². The second-order valence-corrected chi connectivity index (χ2v) is 6.63. The van der Waals surface area contributed by atoms with Gasteiger partial charge >= 0.3 is 0 Å². The van der Waals surface area contributed by atoms with Gasteiger partial charge in [-0.3, -0.25) is 4.79 Å². The Kier molecular flexibility index (Phi) is 6.89. The summed E-state index contributed by atoms with van der Waals surface area (Å²) in [6.07, 6.45) is 0.995. The number of rotatable bonds is 7. The molecule has 1 unspecified atom stereocenters. The zero-order valence-corrected chi connectivity index (χ0v) is 16.5. The lowest BCUT2D eigenvalue weighted by molar-refractivity contribution is -0.142. The van der Waals surface area contributed by atoms with Crippen LogP contribution in [0.15, 0.2) is 59.8 Å². The van der Waals surface area contributed by atoms with Gasteiger partial charge in [0, 0.05) is 31.9 Å². The zero-order valence-electron chi connectivity index (χ0n) is 16.5. The maximum Gasteiger partial charge on any atom is 0.266 e. The fraction of sp³-hybridized carbons (Fsp3) is 0.364. The largest absolute Gasteiger partial charge is 0.494 e. The van der Waals surface area contributed by atoms with Crippen molar-refractivity contribution in [1.29, 1.82) is 0 Å². The molecule has 1 amide bonds. The molecular formula is C22H27N3O3. The van der Waals surface area contributed by atoms with Gasteiger partial charge in [-0.05, 0) is 55.8 Å². The second-order valence-electron chi connectivity index (χ2n) is 6.63. The van der Waals surface area contributed by atoms with E-state index in [0.29, 0.717) is 19.7 Å². The summed E-state index contributed by atoms with van der Waals surface area (Å²) in [6.45, 7) is 7.32. The first-order valence-corrected chi connectivity index (χ1v) is 9.68. The van der Waals surface area contributed by atoms with Crippen molar-refractivity contribution in [3.05, 3.63) is 60.2 Å². The number of carbonyl (C=O) groups is 1. The van der Waals surface area contributed by atoms with E-state index in [-0.39, 0.29) is 5.91 Å². The fourth-order valence-electron chi connectivity index (χ4n) is 3.13. The van der Waals surface area contributed by atoms with Gasteiger partial charge in [0.2, 0.25) is 6.10 Å². The average molecular weight is 381 g/mol. The van der Waals surface area contributed by atoms with Gasteiger partial charge < -0.3 is 19.4 Å². The molecule has 1 fully saturated rings. The number of amides is 1. The highest BCUT2D eigenvalue weighted by molar-refractivity contribution is 5.81. The standard InChI is InChI=1S/C22H27N3O3/c1-3-27-21-11-9-19(10-12-21)17-23-28-18(2)22(26)25-15-13-24(14-16-25)20-7-5-4-6-8-20/h4-12,17-18H,3,13-16H2,1-2H3/b23-17+. The van der Waals surface area contributed by atoms with Crippen LogP contribution in [0.25, 0.3) is 0 Å². The minimum Gasteiger partial charge on any atom is -0.494 e. The summed E-state index contributed by atoms with van der Waals surface area (Å²) in [7, 11) is 0. The van der Waals surface area contributed by atoms with Crippen LogP contribution in [0.4, 0.5) is 5.69 Å². The number of nitrogens with zero attached hydrogens (tertiary/aromatic N) is 3. The molecule has 1 aliphatic rings. The van der Waals surface area contributed by atoms with E-state index in [9.17, 15) is 4.79 Å². The number of ether oxygens (including phenoxy) is 1. The number of carbonyl (C=O) groups excluding carboxylic acids is 1. The van der Waals surface area contributed by atoms with E-state index in [1.165, 1.54) is 5.69 Å². The second kappa shape index (κ2) is 9.78. The Morgan fingerprint density at radius 2 is 1.75 bits per heavy atom. The topological polar surface area (TPSA) is 54.4 Å². The molecule has 1 aliphatic heterocycles. The van der Waals surface area contributed by atoms with Crippen LogP contribution in [-0.2, 0) is 9.63 Å².